The van der Waals surface area contributed by atoms with Crippen molar-refractivity contribution in [3.05, 3.63) is 48.3 Å². The smallest absolute Gasteiger partial charge is 0.0874 e. The number of para-hydroxylation sites is 2. The Morgan fingerprint density at radius 2 is 1.88 bits per heavy atom. The molecule has 0 aliphatic heterocycles. The molecule has 0 amide bonds. The first-order valence-electron chi connectivity index (χ1n) is 6.17. The van der Waals surface area contributed by atoms with Crippen molar-refractivity contribution in [1.82, 2.24) is 9.38 Å². The number of hydrogen-bond donors (Lipinski definition) is 0. The summed E-state index contributed by atoms with van der Waals surface area (Å²) >= 11 is 0. The molecular formula is C15H16N2. The van der Waals surface area contributed by atoms with Gasteiger partial charge in [-0.05, 0) is 30.7 Å². The van der Waals surface area contributed by atoms with Gasteiger partial charge in [0.2, 0.25) is 0 Å². The lowest BCUT2D eigenvalue weighted by atomic mass is 10.0. The van der Waals surface area contributed by atoms with E-state index < -0.39 is 0 Å². The van der Waals surface area contributed by atoms with Crippen LogP contribution in [0.2, 0.25) is 0 Å². The first kappa shape index (κ1) is 10.3. The zero-order chi connectivity index (χ0) is 11.8. The van der Waals surface area contributed by atoms with Gasteiger partial charge in [0.25, 0.3) is 0 Å². The highest BCUT2D eigenvalue weighted by Crippen LogP contribution is 2.25. The Morgan fingerprint density at radius 3 is 2.71 bits per heavy atom. The fourth-order valence-electron chi connectivity index (χ4n) is 2.31. The second-order valence-electron chi connectivity index (χ2n) is 4.56. The minimum Gasteiger partial charge on any atom is -0.313 e. The summed E-state index contributed by atoms with van der Waals surface area (Å²) in [4.78, 5) is 4.83. The van der Waals surface area contributed by atoms with Crippen LogP contribution in [0.3, 0.4) is 0 Å². The van der Waals surface area contributed by atoms with Gasteiger partial charge in [0.1, 0.15) is 0 Å². The fraction of sp³-hybridized carbons (Fsp3) is 0.267. The maximum absolute atomic E-state index is 4.83. The van der Waals surface area contributed by atoms with Crippen LogP contribution in [0.25, 0.3) is 16.6 Å². The van der Waals surface area contributed by atoms with Crippen molar-refractivity contribution < 1.29 is 0 Å². The van der Waals surface area contributed by atoms with Crippen LogP contribution in [0, 0.1) is 0 Å². The van der Waals surface area contributed by atoms with Crippen LogP contribution in [0.5, 0.6) is 0 Å². The molecule has 0 radical (unpaired) electrons. The summed E-state index contributed by atoms with van der Waals surface area (Å²) in [5.41, 5.74) is 4.69. The normalized spacial score (nSPS) is 13.3. The second kappa shape index (κ2) is 3.88. The molecule has 0 aliphatic carbocycles. The van der Waals surface area contributed by atoms with Gasteiger partial charge in [-0.2, -0.15) is 0 Å². The van der Waals surface area contributed by atoms with Crippen molar-refractivity contribution in [3.8, 4) is 0 Å². The van der Waals surface area contributed by atoms with Crippen molar-refractivity contribution in [2.45, 2.75) is 26.2 Å². The quantitative estimate of drug-likeness (QED) is 0.643. The average molecular weight is 224 g/mol. The molecule has 2 heterocycles. The van der Waals surface area contributed by atoms with E-state index in [-0.39, 0.29) is 0 Å². The lowest BCUT2D eigenvalue weighted by molar-refractivity contribution is 0.714. The van der Waals surface area contributed by atoms with E-state index in [1.807, 2.05) is 6.07 Å². The van der Waals surface area contributed by atoms with Gasteiger partial charge >= 0.3 is 0 Å². The lowest BCUT2D eigenvalue weighted by Crippen LogP contribution is -2.01. The Bertz CT molecular complexity index is 667. The van der Waals surface area contributed by atoms with Crippen LogP contribution in [-0.2, 0) is 0 Å². The third kappa shape index (κ3) is 1.52. The van der Waals surface area contributed by atoms with Crippen LogP contribution in [-0.4, -0.2) is 9.38 Å². The maximum Gasteiger partial charge on any atom is 0.0874 e. The molecule has 2 nitrogen and oxygen atoms in total. The molecule has 0 spiro atoms. The standard InChI is InChI=1S/C15H16N2/c1-3-11(2)15-14-9-6-10-17(14)13-8-5-4-7-12(13)16-15/h4-11H,3H2,1-2H3. The van der Waals surface area contributed by atoms with Crippen LogP contribution in [0.1, 0.15) is 31.9 Å². The van der Waals surface area contributed by atoms with Crippen molar-refractivity contribution in [1.29, 1.82) is 0 Å². The number of fused-ring (bicyclic) bond motifs is 3. The molecule has 86 valence electrons. The third-order valence-electron chi connectivity index (χ3n) is 3.47. The summed E-state index contributed by atoms with van der Waals surface area (Å²) in [5.74, 6) is 0.497. The predicted octanol–water partition coefficient (Wildman–Crippen LogP) is 4.00. The van der Waals surface area contributed by atoms with E-state index in [4.69, 9.17) is 4.98 Å². The van der Waals surface area contributed by atoms with Gasteiger partial charge in [0.15, 0.2) is 0 Å². The topological polar surface area (TPSA) is 17.3 Å². The molecule has 2 aromatic heterocycles. The highest BCUT2D eigenvalue weighted by Gasteiger charge is 2.12. The Morgan fingerprint density at radius 1 is 1.12 bits per heavy atom. The molecule has 0 saturated heterocycles. The number of benzene rings is 1. The summed E-state index contributed by atoms with van der Waals surface area (Å²) in [6.07, 6.45) is 3.23. The first-order chi connectivity index (χ1) is 8.31. The van der Waals surface area contributed by atoms with Crippen molar-refractivity contribution >= 4 is 16.6 Å². The molecule has 0 fully saturated rings. The van der Waals surface area contributed by atoms with Gasteiger partial charge in [0, 0.05) is 12.1 Å². The number of aromatic nitrogens is 2. The van der Waals surface area contributed by atoms with Crippen LogP contribution < -0.4 is 0 Å². The SMILES string of the molecule is CCC(C)c1nc2ccccc2n2cccc12. The molecule has 0 aliphatic rings. The summed E-state index contributed by atoms with van der Waals surface area (Å²) < 4.78 is 2.24. The molecule has 1 aromatic carbocycles. The van der Waals surface area contributed by atoms with E-state index in [0.717, 1.165) is 11.9 Å². The zero-order valence-corrected chi connectivity index (χ0v) is 10.2. The number of rotatable bonds is 2. The van der Waals surface area contributed by atoms with Gasteiger partial charge in [-0.1, -0.05) is 26.0 Å². The van der Waals surface area contributed by atoms with Gasteiger partial charge in [-0.25, -0.2) is 4.98 Å². The van der Waals surface area contributed by atoms with Gasteiger partial charge in [-0.3, -0.25) is 0 Å². The van der Waals surface area contributed by atoms with E-state index >= 15 is 0 Å². The van der Waals surface area contributed by atoms with E-state index in [9.17, 15) is 0 Å². The Labute approximate surface area is 101 Å². The molecule has 0 N–H and O–H groups in total. The molecule has 0 saturated carbocycles. The summed E-state index contributed by atoms with van der Waals surface area (Å²) in [5, 5.41) is 0. The zero-order valence-electron chi connectivity index (χ0n) is 10.2. The van der Waals surface area contributed by atoms with E-state index in [2.05, 4.69) is 54.8 Å². The number of nitrogens with zero attached hydrogens (tertiary/aromatic N) is 2. The maximum atomic E-state index is 4.83. The lowest BCUT2D eigenvalue weighted by Gasteiger charge is -2.12. The Hall–Kier alpha value is -1.83. The minimum atomic E-state index is 0.497. The van der Waals surface area contributed by atoms with Crippen LogP contribution >= 0.6 is 0 Å². The Kier molecular flexibility index (Phi) is 2.36. The van der Waals surface area contributed by atoms with E-state index in [0.29, 0.717) is 5.92 Å². The Balaban J connectivity index is 2.43. The van der Waals surface area contributed by atoms with Gasteiger partial charge in [-0.15, -0.1) is 0 Å². The van der Waals surface area contributed by atoms with Crippen molar-refractivity contribution in [2.24, 2.45) is 0 Å². The first-order valence-corrected chi connectivity index (χ1v) is 6.17. The van der Waals surface area contributed by atoms with E-state index in [1.54, 1.807) is 0 Å². The van der Waals surface area contributed by atoms with Crippen LogP contribution in [0.4, 0.5) is 0 Å². The summed E-state index contributed by atoms with van der Waals surface area (Å²) in [6, 6.07) is 12.6. The fourth-order valence-corrected chi connectivity index (χ4v) is 2.31. The van der Waals surface area contributed by atoms with Crippen molar-refractivity contribution in [2.75, 3.05) is 0 Å². The summed E-state index contributed by atoms with van der Waals surface area (Å²) in [7, 11) is 0. The predicted molar refractivity (Wildman–Crippen MR) is 71.4 cm³/mol. The number of hydrogen-bond acceptors (Lipinski definition) is 1. The van der Waals surface area contributed by atoms with Gasteiger partial charge in [0.05, 0.1) is 22.2 Å². The monoisotopic (exact) mass is 224 g/mol. The molecule has 17 heavy (non-hydrogen) atoms. The molecule has 2 heteroatoms. The summed E-state index contributed by atoms with van der Waals surface area (Å²) in [6.45, 7) is 4.45. The molecule has 3 aromatic rings. The highest BCUT2D eigenvalue weighted by atomic mass is 14.9. The molecule has 3 rings (SSSR count). The molecule has 1 atom stereocenters. The third-order valence-corrected chi connectivity index (χ3v) is 3.47. The molecule has 1 unspecified atom stereocenters. The average Bonchev–Trinajstić information content (AvgIpc) is 2.86. The van der Waals surface area contributed by atoms with Crippen molar-refractivity contribution in [3.63, 3.8) is 0 Å². The molecular weight excluding hydrogens is 208 g/mol. The highest BCUT2D eigenvalue weighted by molar-refractivity contribution is 5.79. The van der Waals surface area contributed by atoms with Crippen LogP contribution in [0.15, 0.2) is 42.6 Å². The largest absolute Gasteiger partial charge is 0.313 e. The minimum absolute atomic E-state index is 0.497. The second-order valence-corrected chi connectivity index (χ2v) is 4.56. The van der Waals surface area contributed by atoms with E-state index in [1.165, 1.54) is 16.7 Å². The van der Waals surface area contributed by atoms with Gasteiger partial charge < -0.3 is 4.40 Å². The molecule has 0 bridgehead atoms.